The summed E-state index contributed by atoms with van der Waals surface area (Å²) in [6.45, 7) is 0. The van der Waals surface area contributed by atoms with Crippen LogP contribution in [0.15, 0.2) is 84.9 Å². The number of anilines is 3. The van der Waals surface area contributed by atoms with Crippen LogP contribution >= 0.6 is 11.3 Å². The Morgan fingerprint density at radius 1 is 0.931 bits per heavy atom. The summed E-state index contributed by atoms with van der Waals surface area (Å²) in [5.41, 5.74) is 2.86. The Balaban J connectivity index is 1.88. The van der Waals surface area contributed by atoms with Gasteiger partial charge < -0.3 is 5.11 Å². The lowest BCUT2D eigenvalue weighted by molar-refractivity contribution is -0.136. The summed E-state index contributed by atoms with van der Waals surface area (Å²) in [7, 11) is 0. The van der Waals surface area contributed by atoms with Crippen molar-refractivity contribution < 1.29 is 14.3 Å². The third kappa shape index (κ3) is 4.17. The maximum atomic E-state index is 13.8. The summed E-state index contributed by atoms with van der Waals surface area (Å²) >= 11 is 1.30. The molecule has 0 unspecified atom stereocenters. The highest BCUT2D eigenvalue weighted by Gasteiger charge is 2.21. The number of rotatable bonds is 6. The number of halogens is 1. The second-order valence-corrected chi connectivity index (χ2v) is 7.42. The van der Waals surface area contributed by atoms with Crippen LogP contribution in [0.5, 0.6) is 0 Å². The smallest absolute Gasteiger partial charge is 0.308 e. The zero-order valence-corrected chi connectivity index (χ0v) is 16.1. The predicted octanol–water partition coefficient (Wildman–Crippen LogP) is 6.05. The molecular formula is C23H17FN2O2S. The molecule has 4 aromatic rings. The Labute approximate surface area is 171 Å². The van der Waals surface area contributed by atoms with Crippen LogP contribution in [0.1, 0.15) is 4.88 Å². The number of carboxylic acids is 1. The summed E-state index contributed by atoms with van der Waals surface area (Å²) in [5.74, 6) is -1.34. The van der Waals surface area contributed by atoms with Crippen LogP contribution in [0.4, 0.5) is 20.9 Å². The minimum atomic E-state index is -0.955. The van der Waals surface area contributed by atoms with Gasteiger partial charge >= 0.3 is 5.97 Å². The zero-order valence-electron chi connectivity index (χ0n) is 15.3. The van der Waals surface area contributed by atoms with Crippen molar-refractivity contribution >= 4 is 33.8 Å². The lowest BCUT2D eigenvalue weighted by Crippen LogP contribution is -2.09. The average Bonchev–Trinajstić information content (AvgIpc) is 3.12. The van der Waals surface area contributed by atoms with Gasteiger partial charge in [-0.1, -0.05) is 59.9 Å². The first-order valence-corrected chi connectivity index (χ1v) is 9.81. The molecule has 1 aromatic heterocycles. The van der Waals surface area contributed by atoms with E-state index < -0.39 is 5.97 Å². The number of aromatic nitrogens is 1. The Kier molecular flexibility index (Phi) is 5.35. The number of benzene rings is 3. The molecule has 144 valence electrons. The largest absolute Gasteiger partial charge is 0.481 e. The molecule has 6 heteroatoms. The van der Waals surface area contributed by atoms with Gasteiger partial charge in [0.25, 0.3) is 0 Å². The van der Waals surface area contributed by atoms with E-state index in [0.29, 0.717) is 21.3 Å². The molecule has 0 bridgehead atoms. The molecule has 4 rings (SSSR count). The Hall–Kier alpha value is -3.51. The van der Waals surface area contributed by atoms with Crippen molar-refractivity contribution in [2.24, 2.45) is 0 Å². The minimum Gasteiger partial charge on any atom is -0.481 e. The SMILES string of the molecule is O=C(O)Cc1sc(N(c2ccccc2)c2ccccc2)nc1-c1cccc(F)c1. The van der Waals surface area contributed by atoms with Crippen molar-refractivity contribution in [1.82, 2.24) is 4.98 Å². The van der Waals surface area contributed by atoms with E-state index in [2.05, 4.69) is 0 Å². The van der Waals surface area contributed by atoms with Crippen molar-refractivity contribution in [2.75, 3.05) is 4.90 Å². The van der Waals surface area contributed by atoms with Crippen LogP contribution in [-0.2, 0) is 11.2 Å². The number of hydrogen-bond donors (Lipinski definition) is 1. The molecule has 4 nitrogen and oxygen atoms in total. The second-order valence-electron chi connectivity index (χ2n) is 6.36. The van der Waals surface area contributed by atoms with Crippen molar-refractivity contribution in [1.29, 1.82) is 0 Å². The lowest BCUT2D eigenvalue weighted by atomic mass is 10.1. The highest BCUT2D eigenvalue weighted by Crippen LogP contribution is 2.40. The van der Waals surface area contributed by atoms with Gasteiger partial charge in [0.05, 0.1) is 12.1 Å². The first kappa shape index (κ1) is 18.8. The summed E-state index contributed by atoms with van der Waals surface area (Å²) in [6, 6.07) is 25.5. The maximum Gasteiger partial charge on any atom is 0.308 e. The van der Waals surface area contributed by atoms with Crippen molar-refractivity contribution in [3.63, 3.8) is 0 Å². The first-order valence-electron chi connectivity index (χ1n) is 8.99. The average molecular weight is 404 g/mol. The van der Waals surface area contributed by atoms with E-state index in [1.807, 2.05) is 65.6 Å². The summed E-state index contributed by atoms with van der Waals surface area (Å²) in [6.07, 6.45) is -0.180. The van der Waals surface area contributed by atoms with E-state index in [0.717, 1.165) is 11.4 Å². The summed E-state index contributed by atoms with van der Waals surface area (Å²) < 4.78 is 13.8. The van der Waals surface area contributed by atoms with Crippen LogP contribution in [-0.4, -0.2) is 16.1 Å². The fraction of sp³-hybridized carbons (Fsp3) is 0.0435. The Morgan fingerprint density at radius 2 is 1.55 bits per heavy atom. The fourth-order valence-corrected chi connectivity index (χ4v) is 4.19. The molecule has 0 radical (unpaired) electrons. The van der Waals surface area contributed by atoms with Gasteiger partial charge in [-0.3, -0.25) is 9.69 Å². The molecule has 0 spiro atoms. The quantitative estimate of drug-likeness (QED) is 0.425. The van der Waals surface area contributed by atoms with Crippen molar-refractivity contribution in [2.45, 2.75) is 6.42 Å². The van der Waals surface area contributed by atoms with Crippen molar-refractivity contribution in [3.05, 3.63) is 95.6 Å². The van der Waals surface area contributed by atoms with Gasteiger partial charge in [0.2, 0.25) is 0 Å². The molecular weight excluding hydrogens is 387 g/mol. The number of carboxylic acid groups (broad SMARTS) is 1. The predicted molar refractivity (Wildman–Crippen MR) is 114 cm³/mol. The molecule has 0 saturated carbocycles. The molecule has 0 aliphatic carbocycles. The lowest BCUT2D eigenvalue weighted by Gasteiger charge is -2.22. The van der Waals surface area contributed by atoms with Gasteiger partial charge in [-0.15, -0.1) is 0 Å². The van der Waals surface area contributed by atoms with E-state index in [-0.39, 0.29) is 12.2 Å². The number of aliphatic carboxylic acids is 1. The molecule has 29 heavy (non-hydrogen) atoms. The van der Waals surface area contributed by atoms with Crippen LogP contribution in [0, 0.1) is 5.82 Å². The molecule has 1 heterocycles. The molecule has 0 aliphatic rings. The van der Waals surface area contributed by atoms with E-state index in [1.165, 1.54) is 23.5 Å². The van der Waals surface area contributed by atoms with Crippen LogP contribution in [0.3, 0.4) is 0 Å². The normalized spacial score (nSPS) is 10.7. The van der Waals surface area contributed by atoms with Gasteiger partial charge in [-0.2, -0.15) is 0 Å². The van der Waals surface area contributed by atoms with Gasteiger partial charge in [-0.05, 0) is 36.4 Å². The number of nitrogens with zero attached hydrogens (tertiary/aromatic N) is 2. The highest BCUT2D eigenvalue weighted by molar-refractivity contribution is 7.16. The van der Waals surface area contributed by atoms with Gasteiger partial charge in [0, 0.05) is 21.8 Å². The maximum absolute atomic E-state index is 13.8. The van der Waals surface area contributed by atoms with Gasteiger partial charge in [0.15, 0.2) is 5.13 Å². The number of thiazole rings is 1. The van der Waals surface area contributed by atoms with Gasteiger partial charge in [0.1, 0.15) is 5.82 Å². The third-order valence-corrected chi connectivity index (χ3v) is 5.36. The minimum absolute atomic E-state index is 0.180. The van der Waals surface area contributed by atoms with E-state index in [4.69, 9.17) is 4.98 Å². The monoisotopic (exact) mass is 404 g/mol. The Morgan fingerprint density at radius 3 is 2.10 bits per heavy atom. The van der Waals surface area contributed by atoms with Crippen LogP contribution in [0.25, 0.3) is 11.3 Å². The number of para-hydroxylation sites is 2. The molecule has 0 atom stereocenters. The van der Waals surface area contributed by atoms with E-state index in [9.17, 15) is 14.3 Å². The molecule has 0 aliphatic heterocycles. The van der Waals surface area contributed by atoms with Crippen LogP contribution in [0.2, 0.25) is 0 Å². The fourth-order valence-electron chi connectivity index (χ4n) is 3.08. The van der Waals surface area contributed by atoms with E-state index in [1.54, 1.807) is 12.1 Å². The van der Waals surface area contributed by atoms with E-state index >= 15 is 0 Å². The topological polar surface area (TPSA) is 53.4 Å². The molecule has 0 amide bonds. The number of hydrogen-bond acceptors (Lipinski definition) is 4. The zero-order chi connectivity index (χ0) is 20.2. The number of carbonyl (C=O) groups is 1. The molecule has 1 N–H and O–H groups in total. The molecule has 3 aromatic carbocycles. The van der Waals surface area contributed by atoms with Crippen molar-refractivity contribution in [3.8, 4) is 11.3 Å². The first-order chi connectivity index (χ1) is 14.1. The van der Waals surface area contributed by atoms with Crippen LogP contribution < -0.4 is 4.90 Å². The second kappa shape index (κ2) is 8.24. The molecule has 0 fully saturated rings. The summed E-state index contributed by atoms with van der Waals surface area (Å²) in [4.78, 5) is 18.7. The summed E-state index contributed by atoms with van der Waals surface area (Å²) in [5, 5.41) is 9.99. The molecule has 0 saturated heterocycles. The Bertz CT molecular complexity index is 1090. The standard InChI is InChI=1S/C23H17FN2O2S/c24-17-9-7-8-16(14-17)22-20(15-21(27)28)29-23(25-22)26(18-10-3-1-4-11-18)19-12-5-2-6-13-19/h1-14H,15H2,(H,27,28). The highest BCUT2D eigenvalue weighted by atomic mass is 32.1. The third-order valence-electron chi connectivity index (χ3n) is 4.32. The van der Waals surface area contributed by atoms with Gasteiger partial charge in [-0.25, -0.2) is 9.37 Å².